The molecule has 0 aliphatic rings. The van der Waals surface area contributed by atoms with Crippen molar-refractivity contribution >= 4 is 11.4 Å². The van der Waals surface area contributed by atoms with E-state index in [1.807, 2.05) is 0 Å². The number of rotatable bonds is 8. The maximum Gasteiger partial charge on any atom is 0.0661 e. The van der Waals surface area contributed by atoms with Crippen LogP contribution < -0.4 is 0 Å². The lowest BCUT2D eigenvalue weighted by atomic mass is 10.1. The monoisotopic (exact) mass is 271 g/mol. The highest BCUT2D eigenvalue weighted by Crippen LogP contribution is 2.19. The van der Waals surface area contributed by atoms with Crippen LogP contribution in [-0.4, -0.2) is 5.71 Å². The Kier molecular flexibility index (Phi) is 7.94. The van der Waals surface area contributed by atoms with E-state index in [0.717, 1.165) is 25.0 Å². The van der Waals surface area contributed by atoms with Gasteiger partial charge in [-0.1, -0.05) is 69.5 Å². The van der Waals surface area contributed by atoms with E-state index in [-0.39, 0.29) is 0 Å². The molecule has 0 saturated heterocycles. The minimum Gasteiger partial charge on any atom is -0.258 e. The molecule has 0 atom stereocenters. The minimum atomic E-state index is 1.03. The van der Waals surface area contributed by atoms with Crippen molar-refractivity contribution in [3.63, 3.8) is 0 Å². The van der Waals surface area contributed by atoms with Crippen LogP contribution in [0.15, 0.2) is 35.3 Å². The second-order valence-electron chi connectivity index (χ2n) is 5.35. The molecule has 0 aliphatic carbocycles. The van der Waals surface area contributed by atoms with Gasteiger partial charge in [0.1, 0.15) is 0 Å². The molecule has 0 bridgehead atoms. The first-order valence-electron chi connectivity index (χ1n) is 8.04. The fraction of sp³-hybridized carbons (Fsp3) is 0.526. The average Bonchev–Trinajstić information content (AvgIpc) is 2.46. The molecule has 20 heavy (non-hydrogen) atoms. The smallest absolute Gasteiger partial charge is 0.0661 e. The van der Waals surface area contributed by atoms with Gasteiger partial charge in [0.2, 0.25) is 0 Å². The molecule has 0 spiro atoms. The van der Waals surface area contributed by atoms with Crippen LogP contribution in [0.1, 0.15) is 70.4 Å². The Morgan fingerprint density at radius 1 is 1.05 bits per heavy atom. The number of aryl methyl sites for hydroxylation is 1. The lowest BCUT2D eigenvalue weighted by molar-refractivity contribution is 0.738. The third kappa shape index (κ3) is 5.73. The van der Waals surface area contributed by atoms with E-state index < -0.39 is 0 Å². The van der Waals surface area contributed by atoms with E-state index in [1.54, 1.807) is 0 Å². The van der Waals surface area contributed by atoms with E-state index in [2.05, 4.69) is 58.0 Å². The Balaban J connectivity index is 2.89. The maximum absolute atomic E-state index is 4.93. The Bertz CT molecular complexity index is 437. The molecule has 1 nitrogen and oxygen atoms in total. The van der Waals surface area contributed by atoms with Crippen LogP contribution in [0.5, 0.6) is 0 Å². The Labute approximate surface area is 124 Å². The van der Waals surface area contributed by atoms with Gasteiger partial charge in [-0.3, -0.25) is 4.99 Å². The molecule has 1 heteroatoms. The second-order valence-corrected chi connectivity index (χ2v) is 5.35. The summed E-state index contributed by atoms with van der Waals surface area (Å²) in [5.74, 6) is 0. The largest absolute Gasteiger partial charge is 0.258 e. The number of unbranched alkanes of at least 4 members (excludes halogenated alkanes) is 2. The second kappa shape index (κ2) is 9.52. The van der Waals surface area contributed by atoms with Crippen LogP contribution in [0.3, 0.4) is 0 Å². The van der Waals surface area contributed by atoms with Gasteiger partial charge >= 0.3 is 0 Å². The molecule has 110 valence electrons. The molecule has 0 saturated carbocycles. The van der Waals surface area contributed by atoms with Gasteiger partial charge in [-0.15, -0.1) is 0 Å². The van der Waals surface area contributed by atoms with E-state index in [0.29, 0.717) is 0 Å². The fourth-order valence-corrected chi connectivity index (χ4v) is 2.21. The lowest BCUT2D eigenvalue weighted by Gasteiger charge is -2.08. The summed E-state index contributed by atoms with van der Waals surface area (Å²) in [7, 11) is 0. The van der Waals surface area contributed by atoms with Gasteiger partial charge in [0.05, 0.1) is 5.70 Å². The van der Waals surface area contributed by atoms with Crippen molar-refractivity contribution in [1.29, 1.82) is 0 Å². The summed E-state index contributed by atoms with van der Waals surface area (Å²) in [6, 6.07) is 8.69. The van der Waals surface area contributed by atoms with Crippen molar-refractivity contribution < 1.29 is 0 Å². The predicted octanol–water partition coefficient (Wildman–Crippen LogP) is 6.18. The van der Waals surface area contributed by atoms with Crippen molar-refractivity contribution in [2.75, 3.05) is 0 Å². The minimum absolute atomic E-state index is 1.03. The van der Waals surface area contributed by atoms with Crippen LogP contribution in [0.2, 0.25) is 0 Å². The molecule has 0 heterocycles. The number of aliphatic imine (C=N–C) groups is 1. The van der Waals surface area contributed by atoms with Gasteiger partial charge in [0, 0.05) is 5.71 Å². The fourth-order valence-electron chi connectivity index (χ4n) is 2.21. The van der Waals surface area contributed by atoms with Crippen molar-refractivity contribution in [2.24, 2.45) is 4.99 Å². The molecule has 0 radical (unpaired) electrons. The highest BCUT2D eigenvalue weighted by atomic mass is 14.8. The van der Waals surface area contributed by atoms with Gasteiger partial charge < -0.3 is 0 Å². The van der Waals surface area contributed by atoms with Crippen LogP contribution >= 0.6 is 0 Å². The molecule has 0 amide bonds. The van der Waals surface area contributed by atoms with Gasteiger partial charge in [0.25, 0.3) is 0 Å². The average molecular weight is 271 g/mol. The topological polar surface area (TPSA) is 12.4 Å². The van der Waals surface area contributed by atoms with Crippen molar-refractivity contribution in [3.05, 3.63) is 41.5 Å². The summed E-state index contributed by atoms with van der Waals surface area (Å²) in [4.78, 5) is 4.93. The first-order valence-corrected chi connectivity index (χ1v) is 8.04. The van der Waals surface area contributed by atoms with Crippen molar-refractivity contribution in [2.45, 2.75) is 66.2 Å². The van der Waals surface area contributed by atoms with Crippen LogP contribution in [0.4, 0.5) is 0 Å². The number of hydrogen-bond acceptors (Lipinski definition) is 1. The molecular weight excluding hydrogens is 242 g/mol. The Morgan fingerprint density at radius 2 is 1.75 bits per heavy atom. The third-order valence-electron chi connectivity index (χ3n) is 3.50. The molecule has 0 unspecified atom stereocenters. The van der Waals surface area contributed by atoms with Gasteiger partial charge in [-0.25, -0.2) is 0 Å². The van der Waals surface area contributed by atoms with Crippen molar-refractivity contribution in [3.8, 4) is 0 Å². The molecule has 1 aromatic carbocycles. The van der Waals surface area contributed by atoms with Gasteiger partial charge in [-0.05, 0) is 38.2 Å². The van der Waals surface area contributed by atoms with Gasteiger partial charge in [-0.2, -0.15) is 0 Å². The zero-order valence-corrected chi connectivity index (χ0v) is 13.6. The van der Waals surface area contributed by atoms with E-state index in [9.17, 15) is 0 Å². The molecule has 0 N–H and O–H groups in total. The van der Waals surface area contributed by atoms with Crippen LogP contribution in [0.25, 0.3) is 5.70 Å². The molecule has 0 aromatic heterocycles. The summed E-state index contributed by atoms with van der Waals surface area (Å²) < 4.78 is 0. The normalized spacial score (nSPS) is 12.8. The Hall–Kier alpha value is -1.37. The standard InChI is InChI=1S/C19H29N/c1-5-8-9-11-18(7-3)20-19(10-6-2)17-14-12-16(4)13-15-17/h10,12-15H,5-9,11H2,1-4H3/b19-10-,20-18+. The molecule has 1 aromatic rings. The number of allylic oxidation sites excluding steroid dienone is 1. The van der Waals surface area contributed by atoms with E-state index in [4.69, 9.17) is 4.99 Å². The number of nitrogens with zero attached hydrogens (tertiary/aromatic N) is 1. The van der Waals surface area contributed by atoms with Crippen molar-refractivity contribution in [1.82, 2.24) is 0 Å². The highest BCUT2D eigenvalue weighted by Gasteiger charge is 2.02. The first-order chi connectivity index (χ1) is 9.71. The van der Waals surface area contributed by atoms with E-state index in [1.165, 1.54) is 36.1 Å². The molecular formula is C19H29N. The zero-order valence-electron chi connectivity index (χ0n) is 13.6. The highest BCUT2D eigenvalue weighted by molar-refractivity contribution is 5.89. The quantitative estimate of drug-likeness (QED) is 0.395. The zero-order chi connectivity index (χ0) is 14.8. The summed E-state index contributed by atoms with van der Waals surface area (Å²) in [6.07, 6.45) is 9.28. The number of benzene rings is 1. The summed E-state index contributed by atoms with van der Waals surface area (Å²) in [5.41, 5.74) is 5.01. The summed E-state index contributed by atoms with van der Waals surface area (Å²) in [6.45, 7) is 8.76. The predicted molar refractivity (Wildman–Crippen MR) is 91.3 cm³/mol. The Morgan fingerprint density at radius 3 is 2.30 bits per heavy atom. The van der Waals surface area contributed by atoms with Crippen LogP contribution in [-0.2, 0) is 0 Å². The lowest BCUT2D eigenvalue weighted by Crippen LogP contribution is -1.97. The maximum atomic E-state index is 4.93. The first kappa shape index (κ1) is 16.7. The molecule has 1 rings (SSSR count). The third-order valence-corrected chi connectivity index (χ3v) is 3.50. The SMILES string of the molecule is CC/C=C(\N=C(/CC)CCCCC)c1ccc(C)cc1. The molecule has 0 aliphatic heterocycles. The van der Waals surface area contributed by atoms with E-state index >= 15 is 0 Å². The summed E-state index contributed by atoms with van der Waals surface area (Å²) >= 11 is 0. The van der Waals surface area contributed by atoms with Crippen LogP contribution in [0, 0.1) is 6.92 Å². The van der Waals surface area contributed by atoms with Gasteiger partial charge in [0.15, 0.2) is 0 Å². The molecule has 0 fully saturated rings. The number of hydrogen-bond donors (Lipinski definition) is 0. The summed E-state index contributed by atoms with van der Waals surface area (Å²) in [5, 5.41) is 0.